The number of aromatic hydroxyl groups is 1. The number of nitrogens with one attached hydrogen (secondary N) is 1. The molecule has 7 nitrogen and oxygen atoms in total. The van der Waals surface area contributed by atoms with Gasteiger partial charge < -0.3 is 15.5 Å². The highest BCUT2D eigenvalue weighted by molar-refractivity contribution is 6.05. The molecule has 3 N–H and O–H groups in total. The standard InChI is InChI=1S/C13H13N3O4/c1-7-9(6-14-16(7)2)12(18)15-10-4-3-8(13(19)20)5-11(10)17/h3-6,17H,1-2H3,(H,15,18)(H,19,20). The Balaban J connectivity index is 2.24. The van der Waals surface area contributed by atoms with Gasteiger partial charge in [-0.3, -0.25) is 9.48 Å². The highest BCUT2D eigenvalue weighted by Gasteiger charge is 2.15. The van der Waals surface area contributed by atoms with Gasteiger partial charge >= 0.3 is 5.97 Å². The maximum Gasteiger partial charge on any atom is 0.335 e. The third-order valence-corrected chi connectivity index (χ3v) is 2.97. The first kappa shape index (κ1) is 13.6. The molecule has 20 heavy (non-hydrogen) atoms. The first-order valence-corrected chi connectivity index (χ1v) is 5.76. The van der Waals surface area contributed by atoms with Crippen molar-refractivity contribution in [3.63, 3.8) is 0 Å². The largest absolute Gasteiger partial charge is 0.506 e. The summed E-state index contributed by atoms with van der Waals surface area (Å²) in [5.74, 6) is -1.88. The average Bonchev–Trinajstić information content (AvgIpc) is 2.72. The molecule has 2 aromatic rings. The zero-order valence-corrected chi connectivity index (χ0v) is 10.9. The van der Waals surface area contributed by atoms with Crippen LogP contribution in [0.25, 0.3) is 0 Å². The number of amides is 1. The summed E-state index contributed by atoms with van der Waals surface area (Å²) in [6.45, 7) is 1.75. The molecule has 7 heteroatoms. The molecule has 104 valence electrons. The Hall–Kier alpha value is -2.83. The zero-order valence-electron chi connectivity index (χ0n) is 10.9. The number of hydrogen-bond donors (Lipinski definition) is 3. The number of carboxylic acids is 1. The molecule has 0 bridgehead atoms. The molecule has 1 amide bonds. The Labute approximate surface area is 114 Å². The minimum Gasteiger partial charge on any atom is -0.506 e. The predicted octanol–water partition coefficient (Wildman–Crippen LogP) is 1.38. The monoisotopic (exact) mass is 275 g/mol. The molecule has 1 aromatic heterocycles. The van der Waals surface area contributed by atoms with Crippen molar-refractivity contribution in [2.24, 2.45) is 7.05 Å². The fraction of sp³-hybridized carbons (Fsp3) is 0.154. The normalized spacial score (nSPS) is 10.3. The number of phenols is 1. The van der Waals surface area contributed by atoms with Gasteiger partial charge in [0.05, 0.1) is 23.0 Å². The molecule has 0 atom stereocenters. The number of rotatable bonds is 3. The van der Waals surface area contributed by atoms with Crippen molar-refractivity contribution in [1.82, 2.24) is 9.78 Å². The van der Waals surface area contributed by atoms with Crippen LogP contribution in [0.2, 0.25) is 0 Å². The number of carboxylic acid groups (broad SMARTS) is 1. The van der Waals surface area contributed by atoms with Gasteiger partial charge in [0.25, 0.3) is 5.91 Å². The number of carbonyl (C=O) groups excluding carboxylic acids is 1. The van der Waals surface area contributed by atoms with Crippen LogP contribution in [0, 0.1) is 6.92 Å². The van der Waals surface area contributed by atoms with E-state index < -0.39 is 11.9 Å². The second kappa shape index (κ2) is 5.04. The lowest BCUT2D eigenvalue weighted by Crippen LogP contribution is -2.13. The lowest BCUT2D eigenvalue weighted by atomic mass is 10.1. The molecule has 0 spiro atoms. The van der Waals surface area contributed by atoms with E-state index in [2.05, 4.69) is 10.4 Å². The summed E-state index contributed by atoms with van der Waals surface area (Å²) in [6, 6.07) is 3.71. The van der Waals surface area contributed by atoms with Gasteiger partial charge in [0.15, 0.2) is 0 Å². The molecular weight excluding hydrogens is 262 g/mol. The number of aromatic nitrogens is 2. The first-order valence-electron chi connectivity index (χ1n) is 5.76. The summed E-state index contributed by atoms with van der Waals surface area (Å²) < 4.78 is 1.56. The number of aromatic carboxylic acids is 1. The Bertz CT molecular complexity index is 691. The fourth-order valence-corrected chi connectivity index (χ4v) is 1.68. The summed E-state index contributed by atoms with van der Waals surface area (Å²) in [5, 5.41) is 25.0. The van der Waals surface area contributed by atoms with Crippen molar-refractivity contribution in [3.05, 3.63) is 41.2 Å². The average molecular weight is 275 g/mol. The number of anilines is 1. The van der Waals surface area contributed by atoms with E-state index in [4.69, 9.17) is 5.11 Å². The minimum absolute atomic E-state index is 0.0574. The topological polar surface area (TPSA) is 104 Å². The predicted molar refractivity (Wildman–Crippen MR) is 71.0 cm³/mol. The van der Waals surface area contributed by atoms with E-state index in [-0.39, 0.29) is 17.0 Å². The quantitative estimate of drug-likeness (QED) is 0.734. The summed E-state index contributed by atoms with van der Waals surface area (Å²) in [4.78, 5) is 22.8. The summed E-state index contributed by atoms with van der Waals surface area (Å²) in [6.07, 6.45) is 1.42. The van der Waals surface area contributed by atoms with Gasteiger partial charge in [-0.1, -0.05) is 0 Å². The molecule has 0 saturated carbocycles. The van der Waals surface area contributed by atoms with Gasteiger partial charge in [-0.15, -0.1) is 0 Å². The molecule has 1 aromatic carbocycles. The smallest absolute Gasteiger partial charge is 0.335 e. The lowest BCUT2D eigenvalue weighted by Gasteiger charge is -2.07. The van der Waals surface area contributed by atoms with Gasteiger partial charge in [-0.25, -0.2) is 4.79 Å². The van der Waals surface area contributed by atoms with Crippen LogP contribution >= 0.6 is 0 Å². The summed E-state index contributed by atoms with van der Waals surface area (Å²) in [5.41, 5.74) is 1.15. The van der Waals surface area contributed by atoms with E-state index in [1.54, 1.807) is 18.7 Å². The minimum atomic E-state index is -1.15. The van der Waals surface area contributed by atoms with Gasteiger partial charge in [0.2, 0.25) is 0 Å². The van der Waals surface area contributed by atoms with Gasteiger partial charge in [0.1, 0.15) is 5.75 Å². The van der Waals surface area contributed by atoms with Crippen LogP contribution in [0.15, 0.2) is 24.4 Å². The third-order valence-electron chi connectivity index (χ3n) is 2.97. The van der Waals surface area contributed by atoms with E-state index >= 15 is 0 Å². The molecule has 0 aliphatic rings. The van der Waals surface area contributed by atoms with E-state index in [9.17, 15) is 14.7 Å². The molecule has 0 saturated heterocycles. The van der Waals surface area contributed by atoms with E-state index in [1.807, 2.05) is 0 Å². The maximum absolute atomic E-state index is 12.0. The molecule has 0 aliphatic carbocycles. The molecule has 2 rings (SSSR count). The van der Waals surface area contributed by atoms with Crippen LogP contribution in [0.3, 0.4) is 0 Å². The highest BCUT2D eigenvalue weighted by Crippen LogP contribution is 2.25. The number of carbonyl (C=O) groups is 2. The summed E-state index contributed by atoms with van der Waals surface area (Å²) in [7, 11) is 1.71. The van der Waals surface area contributed by atoms with Crippen LogP contribution in [0.5, 0.6) is 5.75 Å². The number of benzene rings is 1. The molecule has 0 aliphatic heterocycles. The van der Waals surface area contributed by atoms with Crippen LogP contribution in [0.1, 0.15) is 26.4 Å². The molecular formula is C13H13N3O4. The van der Waals surface area contributed by atoms with Crippen LogP contribution in [-0.2, 0) is 7.05 Å². The fourth-order valence-electron chi connectivity index (χ4n) is 1.68. The van der Waals surface area contributed by atoms with Gasteiger partial charge in [-0.2, -0.15) is 5.10 Å². The van der Waals surface area contributed by atoms with Crippen LogP contribution in [0.4, 0.5) is 5.69 Å². The molecule has 0 radical (unpaired) electrons. The summed E-state index contributed by atoms with van der Waals surface area (Å²) >= 11 is 0. The highest BCUT2D eigenvalue weighted by atomic mass is 16.4. The van der Waals surface area contributed by atoms with Crippen molar-refractivity contribution >= 4 is 17.6 Å². The Morgan fingerprint density at radius 2 is 2.05 bits per heavy atom. The SMILES string of the molecule is Cc1c(C(=O)Nc2ccc(C(=O)O)cc2O)cnn1C. The van der Waals surface area contributed by atoms with Crippen molar-refractivity contribution in [2.75, 3.05) is 5.32 Å². The van der Waals surface area contributed by atoms with Gasteiger partial charge in [0, 0.05) is 12.7 Å². The Kier molecular flexibility index (Phi) is 3.43. The number of phenolic OH excluding ortho intramolecular Hbond substituents is 1. The van der Waals surface area contributed by atoms with Crippen LogP contribution in [-0.4, -0.2) is 31.9 Å². The zero-order chi connectivity index (χ0) is 14.9. The second-order valence-corrected chi connectivity index (χ2v) is 4.26. The number of hydrogen-bond acceptors (Lipinski definition) is 4. The number of aryl methyl sites for hydroxylation is 1. The van der Waals surface area contributed by atoms with E-state index in [0.29, 0.717) is 11.3 Å². The van der Waals surface area contributed by atoms with Crippen molar-refractivity contribution in [1.29, 1.82) is 0 Å². The van der Waals surface area contributed by atoms with Gasteiger partial charge in [-0.05, 0) is 25.1 Å². The third kappa shape index (κ3) is 2.46. The molecule has 1 heterocycles. The molecule has 0 fully saturated rings. The number of nitrogens with zero attached hydrogens (tertiary/aromatic N) is 2. The second-order valence-electron chi connectivity index (χ2n) is 4.26. The Morgan fingerprint density at radius 1 is 1.35 bits per heavy atom. The lowest BCUT2D eigenvalue weighted by molar-refractivity contribution is 0.0696. The van der Waals surface area contributed by atoms with E-state index in [1.165, 1.54) is 18.3 Å². The van der Waals surface area contributed by atoms with Crippen molar-refractivity contribution in [3.8, 4) is 5.75 Å². The maximum atomic E-state index is 12.0. The Morgan fingerprint density at radius 3 is 2.55 bits per heavy atom. The van der Waals surface area contributed by atoms with Crippen molar-refractivity contribution in [2.45, 2.75) is 6.92 Å². The first-order chi connectivity index (χ1) is 9.40. The molecule has 0 unspecified atom stereocenters. The van der Waals surface area contributed by atoms with Crippen LogP contribution < -0.4 is 5.32 Å². The van der Waals surface area contributed by atoms with Crippen molar-refractivity contribution < 1.29 is 19.8 Å². The van der Waals surface area contributed by atoms with E-state index in [0.717, 1.165) is 6.07 Å².